The van der Waals surface area contributed by atoms with Gasteiger partial charge in [-0.05, 0) is 70.5 Å². The molecular weight excluding hydrogens is 380 g/mol. The van der Waals surface area contributed by atoms with Gasteiger partial charge in [0.15, 0.2) is 0 Å². The van der Waals surface area contributed by atoms with Crippen molar-refractivity contribution >= 4 is 22.6 Å². The van der Waals surface area contributed by atoms with Crippen LogP contribution in [0, 0.1) is 10.5 Å². The molecule has 2 aromatic rings. The van der Waals surface area contributed by atoms with Gasteiger partial charge in [-0.25, -0.2) is 0 Å². The minimum absolute atomic E-state index is 0.422. The van der Waals surface area contributed by atoms with E-state index in [0.717, 1.165) is 15.7 Å². The van der Waals surface area contributed by atoms with Crippen molar-refractivity contribution in [3.8, 4) is 0 Å². The molecule has 0 saturated carbocycles. The predicted molar refractivity (Wildman–Crippen MR) is 79.4 cm³/mol. The first kappa shape index (κ1) is 15.3. The van der Waals surface area contributed by atoms with Gasteiger partial charge in [-0.2, -0.15) is 13.2 Å². The molecule has 2 rings (SSSR count). The summed E-state index contributed by atoms with van der Waals surface area (Å²) in [5.41, 5.74) is 0.868. The molecule has 0 aromatic heterocycles. The molecule has 1 unspecified atom stereocenters. The highest BCUT2D eigenvalue weighted by atomic mass is 127. The van der Waals surface area contributed by atoms with Gasteiger partial charge in [0.25, 0.3) is 0 Å². The highest BCUT2D eigenvalue weighted by Gasteiger charge is 2.31. The highest BCUT2D eigenvalue weighted by molar-refractivity contribution is 14.1. The summed E-state index contributed by atoms with van der Waals surface area (Å²) in [7, 11) is 0. The predicted octanol–water partition coefficient (Wildman–Crippen LogP) is 4.70. The van der Waals surface area contributed by atoms with Crippen LogP contribution in [0.15, 0.2) is 42.5 Å². The summed E-state index contributed by atoms with van der Waals surface area (Å²) in [5, 5.41) is 10.3. The van der Waals surface area contributed by atoms with Crippen LogP contribution in [0.1, 0.15) is 28.4 Å². The maximum Gasteiger partial charge on any atom is 0.416 e. The number of hydrogen-bond donors (Lipinski definition) is 1. The third kappa shape index (κ3) is 3.32. The second-order valence-electron chi connectivity index (χ2n) is 4.52. The van der Waals surface area contributed by atoms with E-state index in [1.54, 1.807) is 19.1 Å². The molecule has 20 heavy (non-hydrogen) atoms. The zero-order valence-electron chi connectivity index (χ0n) is 10.6. The first-order chi connectivity index (χ1) is 9.29. The van der Waals surface area contributed by atoms with Crippen LogP contribution in [0.4, 0.5) is 13.2 Å². The van der Waals surface area contributed by atoms with Crippen LogP contribution in [0.5, 0.6) is 0 Å². The number of halogens is 4. The molecule has 1 N–H and O–H groups in total. The van der Waals surface area contributed by atoms with Crippen LogP contribution in [0.2, 0.25) is 0 Å². The molecule has 0 spiro atoms. The molecule has 0 saturated heterocycles. The van der Waals surface area contributed by atoms with Gasteiger partial charge in [0.05, 0.1) is 5.56 Å². The third-order valence-corrected chi connectivity index (χ3v) is 3.80. The average molecular weight is 392 g/mol. The maximum atomic E-state index is 12.6. The fraction of sp³-hybridized carbons (Fsp3) is 0.200. The first-order valence-corrected chi connectivity index (χ1v) is 6.98. The fourth-order valence-electron chi connectivity index (χ4n) is 1.98. The fourth-order valence-corrected chi connectivity index (χ4v) is 2.34. The Morgan fingerprint density at radius 1 is 1.05 bits per heavy atom. The van der Waals surface area contributed by atoms with Crippen molar-refractivity contribution in [2.45, 2.75) is 19.2 Å². The van der Waals surface area contributed by atoms with Gasteiger partial charge in [0.1, 0.15) is 6.10 Å². The quantitative estimate of drug-likeness (QED) is 0.735. The summed E-state index contributed by atoms with van der Waals surface area (Å²) in [6, 6.07) is 10.6. The number of aliphatic hydroxyl groups excluding tert-OH is 1. The van der Waals surface area contributed by atoms with E-state index in [-0.39, 0.29) is 0 Å². The van der Waals surface area contributed by atoms with E-state index in [1.807, 2.05) is 12.1 Å². The van der Waals surface area contributed by atoms with Gasteiger partial charge in [-0.3, -0.25) is 0 Å². The van der Waals surface area contributed by atoms with Crippen molar-refractivity contribution in [2.75, 3.05) is 0 Å². The van der Waals surface area contributed by atoms with Crippen LogP contribution in [-0.2, 0) is 6.18 Å². The van der Waals surface area contributed by atoms with Crippen LogP contribution in [-0.4, -0.2) is 5.11 Å². The summed E-state index contributed by atoms with van der Waals surface area (Å²) in [4.78, 5) is 0. The molecule has 0 heterocycles. The second kappa shape index (κ2) is 5.73. The largest absolute Gasteiger partial charge is 0.416 e. The SMILES string of the molecule is Cc1cc(C(F)(F)F)ccc1C(O)c1ccc(I)cc1. The second-order valence-corrected chi connectivity index (χ2v) is 5.77. The molecule has 0 radical (unpaired) electrons. The molecule has 0 aliphatic heterocycles. The number of aryl methyl sites for hydroxylation is 1. The van der Waals surface area contributed by atoms with E-state index in [0.29, 0.717) is 16.7 Å². The Bertz CT molecular complexity index is 606. The molecule has 0 fully saturated rings. The maximum absolute atomic E-state index is 12.6. The molecule has 2 aromatic carbocycles. The van der Waals surface area contributed by atoms with Crippen LogP contribution < -0.4 is 0 Å². The lowest BCUT2D eigenvalue weighted by atomic mass is 9.96. The lowest BCUT2D eigenvalue weighted by Gasteiger charge is -2.16. The van der Waals surface area contributed by atoms with E-state index in [4.69, 9.17) is 0 Å². The van der Waals surface area contributed by atoms with Crippen molar-refractivity contribution in [2.24, 2.45) is 0 Å². The zero-order valence-corrected chi connectivity index (χ0v) is 12.7. The monoisotopic (exact) mass is 392 g/mol. The summed E-state index contributed by atoms with van der Waals surface area (Å²) in [6.45, 7) is 1.57. The van der Waals surface area contributed by atoms with Crippen molar-refractivity contribution in [1.29, 1.82) is 0 Å². The van der Waals surface area contributed by atoms with Gasteiger partial charge in [0, 0.05) is 3.57 Å². The molecular formula is C15H12F3IO. The molecule has 106 valence electrons. The normalized spacial score (nSPS) is 13.3. The molecule has 0 amide bonds. The number of benzene rings is 2. The standard InChI is InChI=1S/C15H12F3IO/c1-9-8-11(15(16,17)18)4-7-13(9)14(20)10-2-5-12(19)6-3-10/h2-8,14,20H,1H3. The molecule has 1 nitrogen and oxygen atoms in total. The summed E-state index contributed by atoms with van der Waals surface area (Å²) >= 11 is 2.15. The number of alkyl halides is 3. The minimum atomic E-state index is -4.36. The third-order valence-electron chi connectivity index (χ3n) is 3.08. The zero-order chi connectivity index (χ0) is 14.9. The van der Waals surface area contributed by atoms with Gasteiger partial charge >= 0.3 is 6.18 Å². The van der Waals surface area contributed by atoms with Gasteiger partial charge in [-0.15, -0.1) is 0 Å². The molecule has 5 heteroatoms. The Hall–Kier alpha value is -1.08. The van der Waals surface area contributed by atoms with E-state index in [1.165, 1.54) is 6.07 Å². The lowest BCUT2D eigenvalue weighted by Crippen LogP contribution is -2.08. The van der Waals surface area contributed by atoms with Gasteiger partial charge in [-0.1, -0.05) is 18.2 Å². The van der Waals surface area contributed by atoms with Crippen molar-refractivity contribution < 1.29 is 18.3 Å². The minimum Gasteiger partial charge on any atom is -0.384 e. The van der Waals surface area contributed by atoms with Crippen LogP contribution >= 0.6 is 22.6 Å². The Balaban J connectivity index is 2.36. The first-order valence-electron chi connectivity index (χ1n) is 5.90. The van der Waals surface area contributed by atoms with Crippen molar-refractivity contribution in [3.05, 3.63) is 68.3 Å². The van der Waals surface area contributed by atoms with Gasteiger partial charge in [0.2, 0.25) is 0 Å². The van der Waals surface area contributed by atoms with E-state index >= 15 is 0 Å². The summed E-state index contributed by atoms with van der Waals surface area (Å²) in [6.07, 6.45) is -5.29. The number of aliphatic hydroxyl groups is 1. The Morgan fingerprint density at radius 2 is 1.65 bits per heavy atom. The van der Waals surface area contributed by atoms with Crippen molar-refractivity contribution in [1.82, 2.24) is 0 Å². The van der Waals surface area contributed by atoms with Crippen LogP contribution in [0.25, 0.3) is 0 Å². The van der Waals surface area contributed by atoms with Crippen LogP contribution in [0.3, 0.4) is 0 Å². The average Bonchev–Trinajstić information content (AvgIpc) is 2.37. The van der Waals surface area contributed by atoms with E-state index < -0.39 is 17.8 Å². The number of rotatable bonds is 2. The van der Waals surface area contributed by atoms with Gasteiger partial charge < -0.3 is 5.11 Å². The lowest BCUT2D eigenvalue weighted by molar-refractivity contribution is -0.137. The Labute approximate surface area is 128 Å². The summed E-state index contributed by atoms with van der Waals surface area (Å²) < 4.78 is 38.8. The molecule has 1 atom stereocenters. The van der Waals surface area contributed by atoms with E-state index in [2.05, 4.69) is 22.6 Å². The van der Waals surface area contributed by atoms with Crippen molar-refractivity contribution in [3.63, 3.8) is 0 Å². The Kier molecular flexibility index (Phi) is 4.39. The molecule has 0 aliphatic carbocycles. The highest BCUT2D eigenvalue weighted by Crippen LogP contribution is 2.33. The molecule has 0 aliphatic rings. The topological polar surface area (TPSA) is 20.2 Å². The molecule has 0 bridgehead atoms. The Morgan fingerprint density at radius 3 is 2.15 bits per heavy atom. The van der Waals surface area contributed by atoms with E-state index in [9.17, 15) is 18.3 Å². The number of hydrogen-bond acceptors (Lipinski definition) is 1. The summed E-state index contributed by atoms with van der Waals surface area (Å²) in [5.74, 6) is 0. The smallest absolute Gasteiger partial charge is 0.384 e.